The molecule has 0 saturated heterocycles. The molecule has 3 saturated carbocycles. The van der Waals surface area contributed by atoms with Gasteiger partial charge in [-0.15, -0.1) is 0 Å². The Kier molecular flexibility index (Phi) is 5.29. The largest absolute Gasteiger partial charge is 0.545 e. The van der Waals surface area contributed by atoms with Crippen molar-refractivity contribution in [3.63, 3.8) is 0 Å². The summed E-state index contributed by atoms with van der Waals surface area (Å²) in [5.74, 6) is 1.38. The lowest BCUT2D eigenvalue weighted by Gasteiger charge is -2.35. The maximum atomic E-state index is 15.3. The van der Waals surface area contributed by atoms with Crippen molar-refractivity contribution < 1.29 is 23.8 Å². The molecule has 6 atom stereocenters. The molecule has 30 heavy (non-hydrogen) atoms. The van der Waals surface area contributed by atoms with Crippen LogP contribution in [0.5, 0.6) is 5.75 Å². The standard InChI is InChI=1S/C25H33FO4/c1-13(2)25(29-21-11-14-10-19(21)16-9-5-8-15(14)16)30-22-12-20(24(27)28)17-6-3-4-7-18(17)23(22)26/h12-16,19,21,25H,3-11H2,1-2H3,(H,27,28)/p-1. The van der Waals surface area contributed by atoms with Crippen LogP contribution in [0.4, 0.5) is 4.39 Å². The van der Waals surface area contributed by atoms with Gasteiger partial charge in [0.15, 0.2) is 11.6 Å². The van der Waals surface area contributed by atoms with Gasteiger partial charge in [0, 0.05) is 11.5 Å². The van der Waals surface area contributed by atoms with Gasteiger partial charge >= 0.3 is 0 Å². The molecule has 1 aromatic carbocycles. The minimum Gasteiger partial charge on any atom is -0.545 e. The van der Waals surface area contributed by atoms with Crippen molar-refractivity contribution in [3.8, 4) is 5.75 Å². The van der Waals surface area contributed by atoms with Crippen molar-refractivity contribution >= 4 is 5.97 Å². The number of aromatic carboxylic acids is 1. The number of hydrogen-bond donors (Lipinski definition) is 0. The van der Waals surface area contributed by atoms with E-state index in [1.807, 2.05) is 13.8 Å². The van der Waals surface area contributed by atoms with E-state index in [2.05, 4.69) is 0 Å². The Morgan fingerprint density at radius 1 is 1.07 bits per heavy atom. The summed E-state index contributed by atoms with van der Waals surface area (Å²) in [5, 5.41) is 11.7. The second kappa shape index (κ2) is 7.81. The van der Waals surface area contributed by atoms with Crippen LogP contribution in [0.3, 0.4) is 0 Å². The minimum absolute atomic E-state index is 0.00421. The number of halogens is 1. The van der Waals surface area contributed by atoms with E-state index >= 15 is 4.39 Å². The first-order chi connectivity index (χ1) is 14.4. The number of carboxylic acids is 1. The van der Waals surface area contributed by atoms with Crippen LogP contribution in [-0.2, 0) is 17.6 Å². The number of benzene rings is 1. The third kappa shape index (κ3) is 3.34. The third-order valence-electron chi connectivity index (χ3n) is 8.23. The minimum atomic E-state index is -1.26. The zero-order chi connectivity index (χ0) is 21.0. The summed E-state index contributed by atoms with van der Waals surface area (Å²) in [4.78, 5) is 11.7. The summed E-state index contributed by atoms with van der Waals surface area (Å²) in [6.45, 7) is 4.01. The highest BCUT2D eigenvalue weighted by Crippen LogP contribution is 2.59. The number of fused-ring (bicyclic) bond motifs is 6. The first-order valence-electron chi connectivity index (χ1n) is 11.8. The van der Waals surface area contributed by atoms with Gasteiger partial charge in [0.1, 0.15) is 0 Å². The lowest BCUT2D eigenvalue weighted by atomic mass is 9.80. The first-order valence-corrected chi connectivity index (χ1v) is 11.8. The summed E-state index contributed by atoms with van der Waals surface area (Å²) < 4.78 is 27.8. The molecule has 5 heteroatoms. The van der Waals surface area contributed by atoms with Gasteiger partial charge in [-0.25, -0.2) is 4.39 Å². The zero-order valence-corrected chi connectivity index (χ0v) is 18.0. The van der Waals surface area contributed by atoms with E-state index in [-0.39, 0.29) is 23.3 Å². The molecule has 2 bridgehead atoms. The van der Waals surface area contributed by atoms with Gasteiger partial charge in [-0.05, 0) is 92.2 Å². The van der Waals surface area contributed by atoms with E-state index < -0.39 is 18.1 Å². The number of carbonyl (C=O) groups excluding carboxylic acids is 1. The van der Waals surface area contributed by atoms with E-state index in [0.717, 1.165) is 37.0 Å². The van der Waals surface area contributed by atoms with Crippen LogP contribution in [0.25, 0.3) is 0 Å². The molecule has 3 fully saturated rings. The van der Waals surface area contributed by atoms with Crippen LogP contribution >= 0.6 is 0 Å². The highest BCUT2D eigenvalue weighted by Gasteiger charge is 2.54. The van der Waals surface area contributed by atoms with E-state index in [0.29, 0.717) is 29.9 Å². The van der Waals surface area contributed by atoms with Crippen molar-refractivity contribution in [1.82, 2.24) is 0 Å². The summed E-state index contributed by atoms with van der Waals surface area (Å²) in [6.07, 6.45) is 8.79. The Bertz CT molecular complexity index is 835. The van der Waals surface area contributed by atoms with Gasteiger partial charge < -0.3 is 19.4 Å². The fourth-order valence-corrected chi connectivity index (χ4v) is 6.92. The molecule has 0 radical (unpaired) electrons. The van der Waals surface area contributed by atoms with Crippen molar-refractivity contribution in [2.75, 3.05) is 0 Å². The number of carbonyl (C=O) groups is 1. The van der Waals surface area contributed by atoms with Crippen LogP contribution in [0, 0.1) is 35.4 Å². The highest BCUT2D eigenvalue weighted by atomic mass is 19.1. The fourth-order valence-electron chi connectivity index (χ4n) is 6.92. The molecule has 0 amide bonds. The molecule has 0 heterocycles. The third-order valence-corrected chi connectivity index (χ3v) is 8.23. The molecular formula is C25H32FO4-. The average molecular weight is 416 g/mol. The zero-order valence-electron chi connectivity index (χ0n) is 18.0. The van der Waals surface area contributed by atoms with Gasteiger partial charge in [-0.3, -0.25) is 0 Å². The average Bonchev–Trinajstić information content (AvgIpc) is 3.42. The predicted octanol–water partition coefficient (Wildman–Crippen LogP) is 4.27. The Morgan fingerprint density at radius 2 is 1.80 bits per heavy atom. The molecule has 164 valence electrons. The summed E-state index contributed by atoms with van der Waals surface area (Å²) >= 11 is 0. The predicted molar refractivity (Wildman–Crippen MR) is 109 cm³/mol. The van der Waals surface area contributed by atoms with Crippen molar-refractivity contribution in [2.45, 2.75) is 84.0 Å². The Morgan fingerprint density at radius 3 is 2.53 bits per heavy atom. The molecule has 4 aliphatic rings. The van der Waals surface area contributed by atoms with Gasteiger partial charge in [0.2, 0.25) is 6.29 Å². The smallest absolute Gasteiger partial charge is 0.202 e. The number of rotatable bonds is 6. The second-order valence-corrected chi connectivity index (χ2v) is 10.2. The molecule has 6 unspecified atom stereocenters. The molecule has 0 N–H and O–H groups in total. The van der Waals surface area contributed by atoms with E-state index in [9.17, 15) is 9.90 Å². The van der Waals surface area contributed by atoms with Gasteiger partial charge in [-0.2, -0.15) is 0 Å². The van der Waals surface area contributed by atoms with Crippen LogP contribution < -0.4 is 9.84 Å². The molecule has 0 spiro atoms. The van der Waals surface area contributed by atoms with Gasteiger partial charge in [-0.1, -0.05) is 20.3 Å². The molecule has 1 aromatic rings. The molecule has 0 aromatic heterocycles. The number of ether oxygens (including phenoxy) is 2. The molecule has 0 aliphatic heterocycles. The topological polar surface area (TPSA) is 58.6 Å². The summed E-state index contributed by atoms with van der Waals surface area (Å²) in [5.41, 5.74) is 1.12. The number of carboxylic acid groups (broad SMARTS) is 1. The maximum Gasteiger partial charge on any atom is 0.202 e. The Labute approximate surface area is 178 Å². The Hall–Kier alpha value is -1.62. The van der Waals surface area contributed by atoms with Gasteiger partial charge in [0.25, 0.3) is 0 Å². The first kappa shape index (κ1) is 20.3. The summed E-state index contributed by atoms with van der Waals surface area (Å²) in [7, 11) is 0. The van der Waals surface area contributed by atoms with Crippen molar-refractivity contribution in [1.29, 1.82) is 0 Å². The number of hydrogen-bond acceptors (Lipinski definition) is 4. The second-order valence-electron chi connectivity index (χ2n) is 10.2. The molecule has 4 aliphatic carbocycles. The van der Waals surface area contributed by atoms with Gasteiger partial charge in [0.05, 0.1) is 12.1 Å². The highest BCUT2D eigenvalue weighted by molar-refractivity contribution is 5.89. The van der Waals surface area contributed by atoms with E-state index in [1.165, 1.54) is 31.7 Å². The SMILES string of the molecule is CC(C)C(Oc1cc(C(=O)[O-])c2c(c1F)CCCC2)OC1CC2CC1C1CCCC21. The van der Waals surface area contributed by atoms with Crippen LogP contribution in [0.1, 0.15) is 80.3 Å². The summed E-state index contributed by atoms with van der Waals surface area (Å²) in [6, 6.07) is 1.32. The monoisotopic (exact) mass is 415 g/mol. The van der Waals surface area contributed by atoms with E-state index in [1.54, 1.807) is 0 Å². The molecular weight excluding hydrogens is 383 g/mol. The lowest BCUT2D eigenvalue weighted by molar-refractivity contribution is -0.255. The molecule has 4 nitrogen and oxygen atoms in total. The Balaban J connectivity index is 1.38. The van der Waals surface area contributed by atoms with Crippen LogP contribution in [0.2, 0.25) is 0 Å². The van der Waals surface area contributed by atoms with Crippen molar-refractivity contribution in [3.05, 3.63) is 28.6 Å². The molecule has 5 rings (SSSR count). The lowest BCUT2D eigenvalue weighted by Crippen LogP contribution is -2.38. The van der Waals surface area contributed by atoms with Crippen molar-refractivity contribution in [2.24, 2.45) is 29.6 Å². The van der Waals surface area contributed by atoms with Crippen LogP contribution in [0.15, 0.2) is 6.07 Å². The normalized spacial score (nSPS) is 32.9. The maximum absolute atomic E-state index is 15.3. The van der Waals surface area contributed by atoms with Crippen LogP contribution in [-0.4, -0.2) is 18.4 Å². The fraction of sp³-hybridized carbons (Fsp3) is 0.720. The van der Waals surface area contributed by atoms with E-state index in [4.69, 9.17) is 9.47 Å². The quantitative estimate of drug-likeness (QED) is 0.651.